The minimum Gasteiger partial charge on any atom is -0.504 e. The van der Waals surface area contributed by atoms with Crippen molar-refractivity contribution in [2.75, 3.05) is 0 Å². The SMILES string of the molecule is O=C(O)c1cc(CCc2cc(O)c(O)c(O)c2)c(CCc2cc(C(=O)O)c(C(=O)O)cc2CCc2cc(O)c(O)c(O)c2)cc1C(=O)O. The third-order valence-electron chi connectivity index (χ3n) is 7.89. The van der Waals surface area contributed by atoms with Crippen molar-refractivity contribution in [2.45, 2.75) is 38.5 Å². The minimum absolute atomic E-state index is 0.0425. The molecule has 0 atom stereocenters. The van der Waals surface area contributed by atoms with Crippen molar-refractivity contribution in [3.8, 4) is 34.5 Å². The summed E-state index contributed by atoms with van der Waals surface area (Å²) in [5.74, 6) is -9.77. The summed E-state index contributed by atoms with van der Waals surface area (Å²) in [5.41, 5.74) is 0.306. The third-order valence-corrected chi connectivity index (χ3v) is 7.89. The van der Waals surface area contributed by atoms with Gasteiger partial charge in [-0.15, -0.1) is 0 Å². The van der Waals surface area contributed by atoms with Crippen LogP contribution < -0.4 is 0 Å². The number of carbonyl (C=O) groups is 4. The van der Waals surface area contributed by atoms with Gasteiger partial charge in [-0.2, -0.15) is 0 Å². The lowest BCUT2D eigenvalue weighted by atomic mass is 9.88. The van der Waals surface area contributed by atoms with Gasteiger partial charge in [-0.05, 0) is 120 Å². The summed E-state index contributed by atoms with van der Waals surface area (Å²) in [6.07, 6.45) is 0.514. The number of hydrogen-bond donors (Lipinski definition) is 10. The zero-order valence-electron chi connectivity index (χ0n) is 25.0. The molecule has 0 heterocycles. The Morgan fingerprint density at radius 1 is 0.354 bits per heavy atom. The second-order valence-corrected chi connectivity index (χ2v) is 11.0. The van der Waals surface area contributed by atoms with E-state index in [0.717, 1.165) is 0 Å². The van der Waals surface area contributed by atoms with Crippen LogP contribution in [0.2, 0.25) is 0 Å². The van der Waals surface area contributed by atoms with Crippen LogP contribution in [0.25, 0.3) is 0 Å². The molecule has 0 aromatic heterocycles. The van der Waals surface area contributed by atoms with Crippen LogP contribution in [0.15, 0.2) is 48.5 Å². The molecule has 48 heavy (non-hydrogen) atoms. The van der Waals surface area contributed by atoms with Gasteiger partial charge in [0.05, 0.1) is 22.3 Å². The molecule has 0 radical (unpaired) electrons. The molecule has 4 rings (SSSR count). The number of aryl methyl sites for hydroxylation is 6. The molecule has 14 heteroatoms. The van der Waals surface area contributed by atoms with Crippen molar-refractivity contribution in [1.29, 1.82) is 0 Å². The highest BCUT2D eigenvalue weighted by Gasteiger charge is 2.23. The number of hydrogen-bond acceptors (Lipinski definition) is 10. The van der Waals surface area contributed by atoms with Crippen molar-refractivity contribution >= 4 is 23.9 Å². The quantitative estimate of drug-likeness (QED) is 0.0904. The number of aromatic hydroxyl groups is 6. The third kappa shape index (κ3) is 7.50. The van der Waals surface area contributed by atoms with E-state index in [1.54, 1.807) is 0 Å². The predicted octanol–water partition coefficient (Wildman–Crippen LogP) is 4.07. The maximum atomic E-state index is 12.0. The first-order valence-electron chi connectivity index (χ1n) is 14.3. The van der Waals surface area contributed by atoms with Gasteiger partial charge in [0, 0.05) is 0 Å². The average Bonchev–Trinajstić information content (AvgIpc) is 3.02. The van der Waals surface area contributed by atoms with Gasteiger partial charge in [0.1, 0.15) is 0 Å². The topological polar surface area (TPSA) is 271 Å². The Kier molecular flexibility index (Phi) is 9.98. The second-order valence-electron chi connectivity index (χ2n) is 11.0. The molecule has 10 N–H and O–H groups in total. The highest BCUT2D eigenvalue weighted by molar-refractivity contribution is 6.03. The fourth-order valence-corrected chi connectivity index (χ4v) is 5.46. The first-order chi connectivity index (χ1) is 22.6. The van der Waals surface area contributed by atoms with Crippen LogP contribution in [0, 0.1) is 0 Å². The van der Waals surface area contributed by atoms with Crippen molar-refractivity contribution in [3.05, 3.63) is 104 Å². The van der Waals surface area contributed by atoms with E-state index in [9.17, 15) is 70.2 Å². The van der Waals surface area contributed by atoms with Gasteiger partial charge in [-0.1, -0.05) is 0 Å². The van der Waals surface area contributed by atoms with Crippen LogP contribution in [0.4, 0.5) is 0 Å². The van der Waals surface area contributed by atoms with Crippen LogP contribution in [0.5, 0.6) is 34.5 Å². The first kappa shape index (κ1) is 34.4. The molecule has 0 saturated carbocycles. The fraction of sp³-hybridized carbons (Fsp3) is 0.176. The normalized spacial score (nSPS) is 10.9. The van der Waals surface area contributed by atoms with Gasteiger partial charge in [-0.3, -0.25) is 0 Å². The van der Waals surface area contributed by atoms with E-state index in [1.165, 1.54) is 48.5 Å². The molecular formula is C34H30O14. The van der Waals surface area contributed by atoms with Gasteiger partial charge < -0.3 is 51.1 Å². The molecule has 0 bridgehead atoms. The second kappa shape index (κ2) is 13.9. The molecule has 4 aromatic rings. The molecule has 0 aliphatic rings. The number of carboxylic acids is 4. The van der Waals surface area contributed by atoms with E-state index < -0.39 is 80.6 Å². The van der Waals surface area contributed by atoms with Crippen LogP contribution in [0.3, 0.4) is 0 Å². The Labute approximate surface area is 271 Å². The summed E-state index contributed by atoms with van der Waals surface area (Å²) < 4.78 is 0. The summed E-state index contributed by atoms with van der Waals surface area (Å²) in [7, 11) is 0. The van der Waals surface area contributed by atoms with Gasteiger partial charge in [0.15, 0.2) is 34.5 Å². The number of aromatic carboxylic acids is 4. The lowest BCUT2D eigenvalue weighted by molar-refractivity contribution is 0.0651. The predicted molar refractivity (Wildman–Crippen MR) is 166 cm³/mol. The largest absolute Gasteiger partial charge is 0.504 e. The molecule has 0 aliphatic heterocycles. The Hall–Kier alpha value is -6.44. The van der Waals surface area contributed by atoms with E-state index in [4.69, 9.17) is 0 Å². The summed E-state index contributed by atoms with van der Waals surface area (Å²) in [6, 6.07) is 9.60. The van der Waals surface area contributed by atoms with Crippen LogP contribution in [-0.2, 0) is 38.5 Å². The van der Waals surface area contributed by atoms with Crippen LogP contribution >= 0.6 is 0 Å². The standard InChI is InChI=1S/C34H30O14/c35-25-7-15(8-26(36)29(25)39)1-3-17-11-21(31(41)42)23(33(45)46)13-19(17)5-6-20-14-24(34(47)48)22(32(43)44)12-18(20)4-2-16-9-27(37)30(40)28(38)10-16/h7-14,35-40H,1-6H2,(H,41,42)(H,43,44)(H,45,46)(H,47,48). The summed E-state index contributed by atoms with van der Waals surface area (Å²) in [5, 5.41) is 97.8. The average molecular weight is 663 g/mol. The Morgan fingerprint density at radius 2 is 0.562 bits per heavy atom. The van der Waals surface area contributed by atoms with Gasteiger partial charge in [-0.25, -0.2) is 19.2 Å². The molecule has 250 valence electrons. The molecule has 0 spiro atoms. The molecule has 0 saturated heterocycles. The maximum Gasteiger partial charge on any atom is 0.336 e. The maximum absolute atomic E-state index is 12.0. The Morgan fingerprint density at radius 3 is 0.771 bits per heavy atom. The van der Waals surface area contributed by atoms with E-state index in [0.29, 0.717) is 33.4 Å². The van der Waals surface area contributed by atoms with Gasteiger partial charge in [0.2, 0.25) is 0 Å². The monoisotopic (exact) mass is 662 g/mol. The van der Waals surface area contributed by atoms with E-state index in [2.05, 4.69) is 0 Å². The van der Waals surface area contributed by atoms with Crippen molar-refractivity contribution < 1.29 is 70.2 Å². The molecule has 4 aromatic carbocycles. The number of rotatable bonds is 13. The number of benzene rings is 4. The molecule has 0 unspecified atom stereocenters. The lowest BCUT2D eigenvalue weighted by Gasteiger charge is -2.17. The summed E-state index contributed by atoms with van der Waals surface area (Å²) >= 11 is 0. The van der Waals surface area contributed by atoms with Crippen LogP contribution in [0.1, 0.15) is 74.8 Å². The van der Waals surface area contributed by atoms with E-state index >= 15 is 0 Å². The Bertz CT molecular complexity index is 1770. The van der Waals surface area contributed by atoms with E-state index in [-0.39, 0.29) is 38.5 Å². The number of carboxylic acid groups (broad SMARTS) is 4. The highest BCUT2D eigenvalue weighted by Crippen LogP contribution is 2.37. The molecule has 0 aliphatic carbocycles. The molecule has 0 fully saturated rings. The molecule has 14 nitrogen and oxygen atoms in total. The lowest BCUT2D eigenvalue weighted by Crippen LogP contribution is -2.13. The zero-order chi connectivity index (χ0) is 35.4. The van der Waals surface area contributed by atoms with Crippen LogP contribution in [-0.4, -0.2) is 74.9 Å². The number of phenolic OH excluding ortho intramolecular Hbond substituents is 6. The van der Waals surface area contributed by atoms with Crippen molar-refractivity contribution in [3.63, 3.8) is 0 Å². The summed E-state index contributed by atoms with van der Waals surface area (Å²) in [4.78, 5) is 47.9. The van der Waals surface area contributed by atoms with Crippen molar-refractivity contribution in [1.82, 2.24) is 0 Å². The zero-order valence-corrected chi connectivity index (χ0v) is 25.0. The number of phenols is 6. The van der Waals surface area contributed by atoms with E-state index in [1.807, 2.05) is 0 Å². The highest BCUT2D eigenvalue weighted by atomic mass is 16.4. The molecular weight excluding hydrogens is 632 g/mol. The smallest absolute Gasteiger partial charge is 0.336 e. The first-order valence-corrected chi connectivity index (χ1v) is 14.3. The minimum atomic E-state index is -1.51. The molecule has 0 amide bonds. The Balaban J connectivity index is 1.75. The van der Waals surface area contributed by atoms with Crippen molar-refractivity contribution in [2.24, 2.45) is 0 Å². The van der Waals surface area contributed by atoms with Gasteiger partial charge >= 0.3 is 23.9 Å². The van der Waals surface area contributed by atoms with Gasteiger partial charge in [0.25, 0.3) is 0 Å². The summed E-state index contributed by atoms with van der Waals surface area (Å²) in [6.45, 7) is 0. The fourth-order valence-electron chi connectivity index (χ4n) is 5.46.